The Hall–Kier alpha value is -3.45. The Bertz CT molecular complexity index is 1250. The van der Waals surface area contributed by atoms with Crippen LogP contribution in [0.2, 0.25) is 0 Å². The summed E-state index contributed by atoms with van der Waals surface area (Å²) < 4.78 is 1.85. The van der Waals surface area contributed by atoms with Gasteiger partial charge in [-0.2, -0.15) is 11.8 Å². The van der Waals surface area contributed by atoms with Gasteiger partial charge in [0.2, 0.25) is 11.8 Å². The molecule has 42 heavy (non-hydrogen) atoms. The van der Waals surface area contributed by atoms with Crippen LogP contribution < -0.4 is 5.32 Å². The number of imidazole rings is 1. The molecule has 12 nitrogen and oxygen atoms in total. The number of carboxylic acid groups (broad SMARTS) is 1. The number of nitro groups is 1. The van der Waals surface area contributed by atoms with Crippen LogP contribution in [0.3, 0.4) is 0 Å². The van der Waals surface area contributed by atoms with Crippen LogP contribution in [0.15, 0.2) is 36.8 Å². The van der Waals surface area contributed by atoms with Gasteiger partial charge < -0.3 is 19.9 Å². The maximum atomic E-state index is 13.4. The van der Waals surface area contributed by atoms with Gasteiger partial charge in [-0.25, -0.2) is 9.78 Å². The normalized spacial score (nSPS) is 21.4. The molecule has 0 radical (unpaired) electrons. The number of nitro benzene ring substituents is 1. The highest BCUT2D eigenvalue weighted by Gasteiger charge is 2.42. The van der Waals surface area contributed by atoms with Crippen molar-refractivity contribution >= 4 is 35.2 Å². The Labute approximate surface area is 250 Å². The molecule has 4 atom stereocenters. The van der Waals surface area contributed by atoms with E-state index in [0.29, 0.717) is 37.5 Å². The van der Waals surface area contributed by atoms with E-state index >= 15 is 0 Å². The van der Waals surface area contributed by atoms with Crippen LogP contribution in [-0.2, 0) is 27.3 Å². The molecule has 2 aliphatic rings. The number of carbonyl (C=O) groups is 3. The zero-order valence-electron chi connectivity index (χ0n) is 24.2. The number of aromatic nitrogens is 2. The molecule has 228 valence electrons. The summed E-state index contributed by atoms with van der Waals surface area (Å²) in [5, 5.41) is 23.3. The second kappa shape index (κ2) is 14.6. The molecular formula is C29H40N6O6S. The molecule has 0 spiro atoms. The Morgan fingerprint density at radius 3 is 2.64 bits per heavy atom. The molecule has 0 saturated carbocycles. The molecule has 0 aliphatic carbocycles. The van der Waals surface area contributed by atoms with Gasteiger partial charge in [0.25, 0.3) is 5.69 Å². The monoisotopic (exact) mass is 600 g/mol. The van der Waals surface area contributed by atoms with Gasteiger partial charge in [0.15, 0.2) is 0 Å². The molecule has 0 bridgehead atoms. The zero-order valence-corrected chi connectivity index (χ0v) is 25.0. The SMILES string of the molecule is CC[C@H]1CCN(C[C@@H]2CCCN2C(=O)Cc2cn(Cc3ccc([N+](=O)[O-])cc3)cn2)[C@@H]1C(=O)N[C@@H](CCSC)C(=O)O. The van der Waals surface area contributed by atoms with Gasteiger partial charge in [-0.15, -0.1) is 0 Å². The lowest BCUT2D eigenvalue weighted by Gasteiger charge is -2.33. The molecule has 3 heterocycles. The topological polar surface area (TPSA) is 151 Å². The standard InChI is InChI=1S/C29H40N6O6S/c1-3-21-10-13-33(27(21)28(37)31-25(29(38)39)11-14-42-2)18-24-5-4-12-34(24)26(36)15-22-17-32(19-30-22)16-20-6-8-23(9-7-20)35(40)41/h6-9,17,19,21,24-25,27H,3-5,10-16,18H2,1-2H3,(H,31,37)(H,38,39)/t21-,24-,25-,27-/m0/s1. The van der Waals surface area contributed by atoms with E-state index in [2.05, 4.69) is 22.1 Å². The third-order valence-corrected chi connectivity index (χ3v) is 8.96. The number of thioether (sulfide) groups is 1. The van der Waals surface area contributed by atoms with Crippen molar-refractivity contribution in [3.8, 4) is 0 Å². The highest BCUT2D eigenvalue weighted by Crippen LogP contribution is 2.30. The van der Waals surface area contributed by atoms with Crippen molar-refractivity contribution in [2.24, 2.45) is 5.92 Å². The summed E-state index contributed by atoms with van der Waals surface area (Å²) in [6, 6.07) is 5.03. The number of rotatable bonds is 14. The fourth-order valence-corrected chi connectivity index (χ4v) is 6.56. The highest BCUT2D eigenvalue weighted by molar-refractivity contribution is 7.98. The summed E-state index contributed by atoms with van der Waals surface area (Å²) in [5.41, 5.74) is 1.59. The molecule has 1 aromatic heterocycles. The van der Waals surface area contributed by atoms with Crippen LogP contribution in [0, 0.1) is 16.0 Å². The van der Waals surface area contributed by atoms with Gasteiger partial charge >= 0.3 is 5.97 Å². The van der Waals surface area contributed by atoms with E-state index in [9.17, 15) is 29.6 Å². The third kappa shape index (κ3) is 7.88. The second-order valence-electron chi connectivity index (χ2n) is 11.1. The predicted octanol–water partition coefficient (Wildman–Crippen LogP) is 2.80. The van der Waals surface area contributed by atoms with E-state index in [-0.39, 0.29) is 35.9 Å². The summed E-state index contributed by atoms with van der Waals surface area (Å²) in [6.07, 6.45) is 9.38. The highest BCUT2D eigenvalue weighted by atomic mass is 32.2. The Morgan fingerprint density at radius 1 is 1.21 bits per heavy atom. The summed E-state index contributed by atoms with van der Waals surface area (Å²) in [6.45, 7) is 4.53. The predicted molar refractivity (Wildman–Crippen MR) is 159 cm³/mol. The summed E-state index contributed by atoms with van der Waals surface area (Å²) in [7, 11) is 0. The van der Waals surface area contributed by atoms with E-state index in [1.54, 1.807) is 30.2 Å². The number of non-ortho nitro benzene ring substituents is 1. The number of likely N-dealkylation sites (tertiary alicyclic amines) is 2. The minimum Gasteiger partial charge on any atom is -0.480 e. The molecule has 1 aromatic carbocycles. The van der Waals surface area contributed by atoms with Gasteiger partial charge in [0.1, 0.15) is 6.04 Å². The smallest absolute Gasteiger partial charge is 0.326 e. The van der Waals surface area contributed by atoms with Crippen molar-refractivity contribution in [1.29, 1.82) is 0 Å². The van der Waals surface area contributed by atoms with Crippen molar-refractivity contribution in [3.63, 3.8) is 0 Å². The molecular weight excluding hydrogens is 560 g/mol. The number of carboxylic acids is 1. The third-order valence-electron chi connectivity index (χ3n) is 8.32. The Balaban J connectivity index is 1.36. The minimum atomic E-state index is -1.02. The Kier molecular flexibility index (Phi) is 11.0. The van der Waals surface area contributed by atoms with E-state index in [0.717, 1.165) is 37.8 Å². The Morgan fingerprint density at radius 2 is 1.98 bits per heavy atom. The van der Waals surface area contributed by atoms with Crippen LogP contribution in [0.1, 0.15) is 50.3 Å². The summed E-state index contributed by atoms with van der Waals surface area (Å²) in [4.78, 5) is 57.4. The number of nitrogens with zero attached hydrogens (tertiary/aromatic N) is 5. The number of hydrogen-bond acceptors (Lipinski definition) is 8. The second-order valence-corrected chi connectivity index (χ2v) is 12.1. The first kappa shape index (κ1) is 31.5. The lowest BCUT2D eigenvalue weighted by molar-refractivity contribution is -0.384. The lowest BCUT2D eigenvalue weighted by atomic mass is 9.96. The van der Waals surface area contributed by atoms with Gasteiger partial charge in [-0.3, -0.25) is 24.6 Å². The molecule has 4 rings (SSSR count). The molecule has 2 fully saturated rings. The first-order valence-corrected chi connectivity index (χ1v) is 15.9. The van der Waals surface area contributed by atoms with E-state index in [1.165, 1.54) is 12.1 Å². The molecule has 2 aromatic rings. The van der Waals surface area contributed by atoms with E-state index in [1.807, 2.05) is 21.9 Å². The first-order chi connectivity index (χ1) is 20.2. The maximum absolute atomic E-state index is 13.4. The molecule has 2 saturated heterocycles. The lowest BCUT2D eigenvalue weighted by Crippen LogP contribution is -2.54. The molecule has 2 N–H and O–H groups in total. The fourth-order valence-electron chi connectivity index (χ4n) is 6.09. The van der Waals surface area contributed by atoms with Crippen LogP contribution in [-0.4, -0.2) is 96.9 Å². The number of hydrogen-bond donors (Lipinski definition) is 2. The van der Waals surface area contributed by atoms with E-state index in [4.69, 9.17) is 0 Å². The van der Waals surface area contributed by atoms with Gasteiger partial charge in [0.05, 0.1) is 29.4 Å². The fraction of sp³-hybridized carbons (Fsp3) is 0.586. The summed E-state index contributed by atoms with van der Waals surface area (Å²) in [5.74, 6) is -0.462. The minimum absolute atomic E-state index is 0.00617. The van der Waals surface area contributed by atoms with Crippen molar-refractivity contribution in [3.05, 3.63) is 58.2 Å². The number of amides is 2. The maximum Gasteiger partial charge on any atom is 0.326 e. The largest absolute Gasteiger partial charge is 0.480 e. The molecule has 2 amide bonds. The first-order valence-electron chi connectivity index (χ1n) is 14.5. The van der Waals surface area contributed by atoms with Crippen molar-refractivity contribution < 1.29 is 24.4 Å². The van der Waals surface area contributed by atoms with Crippen LogP contribution in [0.5, 0.6) is 0 Å². The van der Waals surface area contributed by atoms with Gasteiger partial charge in [-0.1, -0.05) is 25.5 Å². The number of benzene rings is 1. The van der Waals surface area contributed by atoms with Gasteiger partial charge in [0, 0.05) is 44.0 Å². The van der Waals surface area contributed by atoms with Crippen LogP contribution >= 0.6 is 11.8 Å². The number of aliphatic carboxylic acids is 1. The number of carbonyl (C=O) groups excluding carboxylic acids is 2. The average Bonchev–Trinajstić information content (AvgIpc) is 3.71. The molecule has 2 aliphatic heterocycles. The quantitative estimate of drug-likeness (QED) is 0.246. The van der Waals surface area contributed by atoms with Crippen LogP contribution in [0.25, 0.3) is 0 Å². The summed E-state index contributed by atoms with van der Waals surface area (Å²) >= 11 is 1.55. The van der Waals surface area contributed by atoms with Gasteiger partial charge in [-0.05, 0) is 55.7 Å². The number of nitrogens with one attached hydrogen (secondary N) is 1. The zero-order chi connectivity index (χ0) is 30.2. The average molecular weight is 601 g/mol. The molecule has 13 heteroatoms. The van der Waals surface area contributed by atoms with Crippen LogP contribution in [0.4, 0.5) is 5.69 Å². The van der Waals surface area contributed by atoms with E-state index < -0.39 is 23.0 Å². The van der Waals surface area contributed by atoms with Crippen molar-refractivity contribution in [2.75, 3.05) is 31.6 Å². The van der Waals surface area contributed by atoms with Crippen molar-refractivity contribution in [2.45, 2.75) is 70.1 Å². The van der Waals surface area contributed by atoms with Crippen molar-refractivity contribution in [1.82, 2.24) is 24.7 Å². The molecule has 0 unspecified atom stereocenters.